The van der Waals surface area contributed by atoms with E-state index in [1.807, 2.05) is 0 Å². The van der Waals surface area contributed by atoms with Gasteiger partial charge in [-0.15, -0.1) is 0 Å². The van der Waals surface area contributed by atoms with Crippen LogP contribution in [0.2, 0.25) is 0 Å². The molecule has 1 fully saturated rings. The number of nitrogens with zero attached hydrogens (tertiary/aromatic N) is 3. The van der Waals surface area contributed by atoms with Crippen molar-refractivity contribution in [3.8, 4) is 0 Å². The Bertz CT molecular complexity index is 550. The number of likely N-dealkylation sites (tertiary alicyclic amines) is 1. The van der Waals surface area contributed by atoms with Crippen LogP contribution in [0.25, 0.3) is 5.65 Å². The Morgan fingerprint density at radius 3 is 2.89 bits per heavy atom. The van der Waals surface area contributed by atoms with Gasteiger partial charge in [-0.1, -0.05) is 6.07 Å². The number of rotatable bonds is 1. The van der Waals surface area contributed by atoms with Crippen LogP contribution in [0.15, 0.2) is 24.4 Å². The number of aromatic nitrogens is 2. The van der Waals surface area contributed by atoms with Crippen molar-refractivity contribution in [2.24, 2.45) is 5.73 Å². The van der Waals surface area contributed by atoms with Gasteiger partial charge in [0.1, 0.15) is 5.65 Å². The minimum absolute atomic E-state index is 0.264. The van der Waals surface area contributed by atoms with E-state index >= 15 is 0 Å². The highest BCUT2D eigenvalue weighted by Gasteiger charge is 2.25. The molecule has 3 rings (SSSR count). The molecule has 2 N–H and O–H groups in total. The minimum Gasteiger partial charge on any atom is -0.327 e. The van der Waals surface area contributed by atoms with E-state index in [1.165, 1.54) is 11.4 Å². The van der Waals surface area contributed by atoms with Crippen LogP contribution in [-0.4, -0.2) is 40.5 Å². The van der Waals surface area contributed by atoms with Crippen LogP contribution in [0.5, 0.6) is 0 Å². The third-order valence-corrected chi connectivity index (χ3v) is 3.80. The highest BCUT2D eigenvalue weighted by Crippen LogP contribution is 2.25. The molecule has 0 spiro atoms. The summed E-state index contributed by atoms with van der Waals surface area (Å²) in [6, 6.07) is 6.49. The van der Waals surface area contributed by atoms with Gasteiger partial charge in [0.05, 0.1) is 5.69 Å². The fourth-order valence-corrected chi connectivity index (χ4v) is 2.94. The summed E-state index contributed by atoms with van der Waals surface area (Å²) in [5.41, 5.74) is 9.53. The van der Waals surface area contributed by atoms with E-state index in [-0.39, 0.29) is 6.04 Å². The number of hydrogen-bond acceptors (Lipinski definition) is 3. The van der Waals surface area contributed by atoms with Gasteiger partial charge in [-0.25, -0.2) is 4.98 Å². The standard InChI is InChI=1S/C14H20N4/c1-10-4-3-5-14-16-13(9-18(10)14)11-6-12(15)8-17(2)7-11/h3-5,9,11-12H,6-8,15H2,1-2H3. The Morgan fingerprint density at radius 2 is 2.17 bits per heavy atom. The van der Waals surface area contributed by atoms with E-state index in [9.17, 15) is 0 Å². The second-order valence-electron chi connectivity index (χ2n) is 5.48. The normalized spacial score (nSPS) is 25.7. The molecule has 1 aliphatic rings. The quantitative estimate of drug-likeness (QED) is 0.824. The van der Waals surface area contributed by atoms with Crippen LogP contribution in [0.4, 0.5) is 0 Å². The maximum atomic E-state index is 6.10. The molecule has 0 aliphatic carbocycles. The number of fused-ring (bicyclic) bond motifs is 1. The summed E-state index contributed by atoms with van der Waals surface area (Å²) in [6.45, 7) is 4.15. The number of nitrogens with two attached hydrogens (primary N) is 1. The van der Waals surface area contributed by atoms with Gasteiger partial charge >= 0.3 is 0 Å². The molecule has 0 bridgehead atoms. The maximum absolute atomic E-state index is 6.10. The zero-order valence-corrected chi connectivity index (χ0v) is 11.0. The number of aryl methyl sites for hydroxylation is 1. The third kappa shape index (κ3) is 2.02. The summed E-state index contributed by atoms with van der Waals surface area (Å²) in [4.78, 5) is 7.05. The SMILES string of the molecule is Cc1cccc2nc(C3CC(N)CN(C)C3)cn12. The number of pyridine rings is 1. The Balaban J connectivity index is 1.96. The molecule has 1 aliphatic heterocycles. The highest BCUT2D eigenvalue weighted by atomic mass is 15.1. The predicted octanol–water partition coefficient (Wildman–Crippen LogP) is 1.39. The van der Waals surface area contributed by atoms with Gasteiger partial charge in [-0.2, -0.15) is 0 Å². The highest BCUT2D eigenvalue weighted by molar-refractivity contribution is 5.42. The Morgan fingerprint density at radius 1 is 1.33 bits per heavy atom. The summed E-state index contributed by atoms with van der Waals surface area (Å²) < 4.78 is 2.16. The number of imidazole rings is 1. The first-order chi connectivity index (χ1) is 8.63. The molecule has 0 amide bonds. The Kier molecular flexibility index (Phi) is 2.84. The fraction of sp³-hybridized carbons (Fsp3) is 0.500. The van der Waals surface area contributed by atoms with Crippen molar-refractivity contribution in [1.82, 2.24) is 14.3 Å². The van der Waals surface area contributed by atoms with E-state index < -0.39 is 0 Å². The zero-order valence-electron chi connectivity index (χ0n) is 11.0. The first-order valence-corrected chi connectivity index (χ1v) is 6.52. The van der Waals surface area contributed by atoms with Gasteiger partial charge in [0, 0.05) is 36.9 Å². The van der Waals surface area contributed by atoms with Gasteiger partial charge in [0.15, 0.2) is 0 Å². The minimum atomic E-state index is 0.264. The Labute approximate surface area is 107 Å². The topological polar surface area (TPSA) is 46.6 Å². The average Bonchev–Trinajstić information content (AvgIpc) is 2.73. The van der Waals surface area contributed by atoms with Gasteiger partial charge in [0.25, 0.3) is 0 Å². The summed E-state index contributed by atoms with van der Waals surface area (Å²) >= 11 is 0. The van der Waals surface area contributed by atoms with Crippen LogP contribution in [0.1, 0.15) is 23.7 Å². The van der Waals surface area contributed by atoms with Crippen LogP contribution in [0, 0.1) is 6.92 Å². The molecule has 2 aromatic heterocycles. The van der Waals surface area contributed by atoms with Gasteiger partial charge in [-0.05, 0) is 32.5 Å². The lowest BCUT2D eigenvalue weighted by Gasteiger charge is -2.32. The van der Waals surface area contributed by atoms with Crippen molar-refractivity contribution in [3.05, 3.63) is 35.8 Å². The molecule has 2 atom stereocenters. The van der Waals surface area contributed by atoms with E-state index in [4.69, 9.17) is 10.7 Å². The zero-order chi connectivity index (χ0) is 12.7. The Hall–Kier alpha value is -1.39. The molecule has 0 aromatic carbocycles. The lowest BCUT2D eigenvalue weighted by molar-refractivity contribution is 0.225. The molecule has 2 aromatic rings. The largest absolute Gasteiger partial charge is 0.327 e. The van der Waals surface area contributed by atoms with E-state index in [2.05, 4.69) is 47.7 Å². The van der Waals surface area contributed by atoms with Crippen LogP contribution >= 0.6 is 0 Å². The first kappa shape index (κ1) is 11.7. The third-order valence-electron chi connectivity index (χ3n) is 3.80. The molecule has 0 saturated carbocycles. The lowest BCUT2D eigenvalue weighted by atomic mass is 9.93. The molecule has 0 radical (unpaired) electrons. The first-order valence-electron chi connectivity index (χ1n) is 6.52. The van der Waals surface area contributed by atoms with E-state index in [0.29, 0.717) is 5.92 Å². The predicted molar refractivity (Wildman–Crippen MR) is 72.8 cm³/mol. The molecule has 4 nitrogen and oxygen atoms in total. The van der Waals surface area contributed by atoms with Crippen molar-refractivity contribution in [2.45, 2.75) is 25.3 Å². The maximum Gasteiger partial charge on any atom is 0.137 e. The molecule has 18 heavy (non-hydrogen) atoms. The summed E-state index contributed by atoms with van der Waals surface area (Å²) in [5.74, 6) is 0.457. The smallest absolute Gasteiger partial charge is 0.137 e. The van der Waals surface area contributed by atoms with Crippen molar-refractivity contribution >= 4 is 5.65 Å². The van der Waals surface area contributed by atoms with Crippen molar-refractivity contribution in [2.75, 3.05) is 20.1 Å². The summed E-state index contributed by atoms with van der Waals surface area (Å²) in [7, 11) is 2.13. The average molecular weight is 244 g/mol. The number of likely N-dealkylation sites (N-methyl/N-ethyl adjacent to an activating group) is 1. The second-order valence-corrected chi connectivity index (χ2v) is 5.48. The second kappa shape index (κ2) is 4.37. The van der Waals surface area contributed by atoms with Crippen molar-refractivity contribution in [1.29, 1.82) is 0 Å². The van der Waals surface area contributed by atoms with Crippen molar-refractivity contribution < 1.29 is 0 Å². The van der Waals surface area contributed by atoms with Gasteiger partial charge in [-0.3, -0.25) is 0 Å². The van der Waals surface area contributed by atoms with Gasteiger partial charge in [0.2, 0.25) is 0 Å². The molecule has 3 heterocycles. The van der Waals surface area contributed by atoms with Gasteiger partial charge < -0.3 is 15.0 Å². The summed E-state index contributed by atoms with van der Waals surface area (Å²) in [6.07, 6.45) is 3.20. The number of piperidine rings is 1. The van der Waals surface area contributed by atoms with E-state index in [1.54, 1.807) is 0 Å². The number of hydrogen-bond donors (Lipinski definition) is 1. The molecular weight excluding hydrogens is 224 g/mol. The van der Waals surface area contributed by atoms with E-state index in [0.717, 1.165) is 25.2 Å². The molecule has 96 valence electrons. The molecule has 1 saturated heterocycles. The molecule has 4 heteroatoms. The summed E-state index contributed by atoms with van der Waals surface area (Å²) in [5, 5.41) is 0. The lowest BCUT2D eigenvalue weighted by Crippen LogP contribution is -2.44. The fourth-order valence-electron chi connectivity index (χ4n) is 2.94. The van der Waals surface area contributed by atoms with Crippen LogP contribution in [-0.2, 0) is 0 Å². The van der Waals surface area contributed by atoms with Crippen LogP contribution in [0.3, 0.4) is 0 Å². The molecule has 2 unspecified atom stereocenters. The molecular formula is C14H20N4. The van der Waals surface area contributed by atoms with Crippen molar-refractivity contribution in [3.63, 3.8) is 0 Å². The monoisotopic (exact) mass is 244 g/mol. The van der Waals surface area contributed by atoms with Crippen LogP contribution < -0.4 is 5.73 Å².